The van der Waals surface area contributed by atoms with Gasteiger partial charge in [-0.1, -0.05) is 37.6 Å². The van der Waals surface area contributed by atoms with Crippen molar-refractivity contribution in [1.82, 2.24) is 4.90 Å². The van der Waals surface area contributed by atoms with Crippen molar-refractivity contribution in [1.29, 1.82) is 5.26 Å². The number of likely N-dealkylation sites (N-methyl/N-ethyl adjacent to an activating group) is 1. The molecule has 2 atom stereocenters. The lowest BCUT2D eigenvalue weighted by molar-refractivity contribution is 0.0754. The Morgan fingerprint density at radius 3 is 2.33 bits per heavy atom. The maximum atomic E-state index is 10.4. The van der Waals surface area contributed by atoms with E-state index in [2.05, 4.69) is 24.8 Å². The van der Waals surface area contributed by atoms with Gasteiger partial charge in [-0.2, -0.15) is 5.26 Å². The number of hydrogen-bond donors (Lipinski definition) is 1. The molecule has 0 aliphatic heterocycles. The third-order valence-electron chi connectivity index (χ3n) is 6.24. The number of ether oxygens (including phenoxy) is 3. The van der Waals surface area contributed by atoms with Crippen LogP contribution < -0.4 is 14.2 Å². The van der Waals surface area contributed by atoms with Crippen LogP contribution in [0.15, 0.2) is 36.4 Å². The standard InChI is InChI=1S/C27H37ClN2O4.ClH.H2O/c1-19(2)27(18-29,21-9-11-24(32-5)26(15-21)33-6)12-7-13-30(4)16-22(31)17-34-25-14-20(3)8-10-23(25)28;;/h8-11,14-15,19,22,31H,7,12-13,16-17H2,1-6H3;1H;1H2. The Bertz CT molecular complexity index is 983. The van der Waals surface area contributed by atoms with Gasteiger partial charge in [-0.05, 0) is 74.7 Å². The number of aliphatic hydroxyl groups is 1. The second-order valence-corrected chi connectivity index (χ2v) is 9.48. The second kappa shape index (κ2) is 15.8. The Labute approximate surface area is 226 Å². The summed E-state index contributed by atoms with van der Waals surface area (Å²) in [5, 5.41) is 21.2. The number of rotatable bonds is 13. The van der Waals surface area contributed by atoms with E-state index in [4.69, 9.17) is 25.8 Å². The zero-order valence-electron chi connectivity index (χ0n) is 22.0. The summed E-state index contributed by atoms with van der Waals surface area (Å²) in [5.74, 6) is 1.95. The van der Waals surface area contributed by atoms with E-state index < -0.39 is 11.5 Å². The first-order valence-corrected chi connectivity index (χ1v) is 11.9. The van der Waals surface area contributed by atoms with Crippen LogP contribution in [0.3, 0.4) is 0 Å². The van der Waals surface area contributed by atoms with Gasteiger partial charge in [0.15, 0.2) is 11.5 Å². The van der Waals surface area contributed by atoms with Crippen LogP contribution in [-0.4, -0.2) is 62.6 Å². The van der Waals surface area contributed by atoms with Gasteiger partial charge in [-0.15, -0.1) is 12.4 Å². The molecule has 2 rings (SSSR count). The first-order valence-electron chi connectivity index (χ1n) is 11.6. The summed E-state index contributed by atoms with van der Waals surface area (Å²) < 4.78 is 16.5. The number of methoxy groups -OCH3 is 2. The van der Waals surface area contributed by atoms with Gasteiger partial charge in [0.25, 0.3) is 0 Å². The van der Waals surface area contributed by atoms with E-state index in [-0.39, 0.29) is 30.4 Å². The number of aliphatic hydroxyl groups excluding tert-OH is 1. The van der Waals surface area contributed by atoms with E-state index in [0.29, 0.717) is 35.2 Å². The minimum Gasteiger partial charge on any atom is -0.493 e. The van der Waals surface area contributed by atoms with Crippen molar-refractivity contribution in [2.24, 2.45) is 5.92 Å². The number of halogens is 2. The Kier molecular flexibility index (Phi) is 14.8. The normalized spacial score (nSPS) is 13.1. The van der Waals surface area contributed by atoms with Crippen molar-refractivity contribution in [2.45, 2.75) is 45.1 Å². The highest BCUT2D eigenvalue weighted by molar-refractivity contribution is 6.32. The van der Waals surface area contributed by atoms with Crippen LogP contribution in [0, 0.1) is 24.2 Å². The Morgan fingerprint density at radius 1 is 1.08 bits per heavy atom. The zero-order valence-corrected chi connectivity index (χ0v) is 23.6. The summed E-state index contributed by atoms with van der Waals surface area (Å²) >= 11 is 6.16. The van der Waals surface area contributed by atoms with Crippen molar-refractivity contribution in [3.63, 3.8) is 0 Å². The Hall–Kier alpha value is -2.21. The first kappa shape index (κ1) is 33.8. The number of nitriles is 1. The van der Waals surface area contributed by atoms with E-state index in [1.54, 1.807) is 20.3 Å². The van der Waals surface area contributed by atoms with E-state index >= 15 is 0 Å². The molecule has 0 fully saturated rings. The fraction of sp³-hybridized carbons (Fsp3) is 0.519. The number of benzene rings is 2. The summed E-state index contributed by atoms with van der Waals surface area (Å²) in [5.41, 5.74) is 1.32. The summed E-state index contributed by atoms with van der Waals surface area (Å²) in [6.07, 6.45) is 0.832. The molecule has 0 heterocycles. The molecule has 3 N–H and O–H groups in total. The van der Waals surface area contributed by atoms with Gasteiger partial charge in [-0.25, -0.2) is 0 Å². The van der Waals surface area contributed by atoms with Crippen molar-refractivity contribution < 1.29 is 24.8 Å². The minimum atomic E-state index is -0.654. The Morgan fingerprint density at radius 2 is 1.75 bits per heavy atom. The summed E-state index contributed by atoms with van der Waals surface area (Å²) in [6, 6.07) is 13.9. The van der Waals surface area contributed by atoms with Crippen LogP contribution >= 0.6 is 24.0 Å². The highest BCUT2D eigenvalue weighted by Gasteiger charge is 2.36. The zero-order chi connectivity index (χ0) is 25.3. The van der Waals surface area contributed by atoms with Gasteiger partial charge in [0, 0.05) is 6.54 Å². The number of aryl methyl sites for hydroxylation is 1. The van der Waals surface area contributed by atoms with E-state index in [9.17, 15) is 10.4 Å². The fourth-order valence-corrected chi connectivity index (χ4v) is 4.34. The monoisotopic (exact) mass is 542 g/mol. The van der Waals surface area contributed by atoms with Crippen molar-refractivity contribution in [2.75, 3.05) is 41.0 Å². The van der Waals surface area contributed by atoms with Gasteiger partial charge in [-0.3, -0.25) is 0 Å². The molecule has 7 nitrogen and oxygen atoms in total. The molecular weight excluding hydrogens is 503 g/mol. The van der Waals surface area contributed by atoms with Crippen molar-refractivity contribution in [3.05, 3.63) is 52.5 Å². The molecule has 202 valence electrons. The first-order chi connectivity index (χ1) is 16.2. The highest BCUT2D eigenvalue weighted by Crippen LogP contribution is 2.40. The van der Waals surface area contributed by atoms with E-state index in [1.807, 2.05) is 44.3 Å². The summed E-state index contributed by atoms with van der Waals surface area (Å²) in [4.78, 5) is 2.06. The maximum Gasteiger partial charge on any atom is 0.161 e. The summed E-state index contributed by atoms with van der Waals surface area (Å²) in [7, 11) is 5.16. The molecule has 0 radical (unpaired) electrons. The topological polar surface area (TPSA) is 106 Å². The SMILES string of the molecule is COc1ccc(C(C#N)(CCCN(C)CC(O)COc2cc(C)ccc2Cl)C(C)C)cc1OC.Cl.O. The highest BCUT2D eigenvalue weighted by atomic mass is 35.5. The fourth-order valence-electron chi connectivity index (χ4n) is 4.17. The van der Waals surface area contributed by atoms with Crippen LogP contribution in [0.1, 0.15) is 37.8 Å². The molecule has 2 unspecified atom stereocenters. The van der Waals surface area contributed by atoms with Gasteiger partial charge in [0.2, 0.25) is 0 Å². The molecule has 0 bridgehead atoms. The van der Waals surface area contributed by atoms with Gasteiger partial charge < -0.3 is 29.7 Å². The van der Waals surface area contributed by atoms with Crippen LogP contribution in [0.2, 0.25) is 5.02 Å². The molecule has 0 aliphatic rings. The van der Waals surface area contributed by atoms with Crippen LogP contribution in [0.25, 0.3) is 0 Å². The predicted octanol–water partition coefficient (Wildman–Crippen LogP) is 4.83. The third kappa shape index (κ3) is 8.72. The largest absolute Gasteiger partial charge is 0.493 e. The lowest BCUT2D eigenvalue weighted by Gasteiger charge is -2.32. The van der Waals surface area contributed by atoms with Crippen LogP contribution in [-0.2, 0) is 5.41 Å². The van der Waals surface area contributed by atoms with Crippen LogP contribution in [0.4, 0.5) is 0 Å². The van der Waals surface area contributed by atoms with Gasteiger partial charge >= 0.3 is 0 Å². The molecule has 0 amide bonds. The molecule has 0 aromatic heterocycles. The molecule has 2 aromatic rings. The molecule has 36 heavy (non-hydrogen) atoms. The number of nitrogens with zero attached hydrogens (tertiary/aromatic N) is 2. The number of hydrogen-bond acceptors (Lipinski definition) is 6. The van der Waals surface area contributed by atoms with Crippen LogP contribution in [0.5, 0.6) is 17.2 Å². The average Bonchev–Trinajstić information content (AvgIpc) is 2.81. The quantitative estimate of drug-likeness (QED) is 0.388. The maximum absolute atomic E-state index is 10.4. The molecule has 0 aliphatic carbocycles. The minimum absolute atomic E-state index is 0. The average molecular weight is 544 g/mol. The molecule has 0 saturated carbocycles. The molecule has 2 aromatic carbocycles. The Balaban J connectivity index is 0.00000612. The van der Waals surface area contributed by atoms with E-state index in [1.165, 1.54) is 0 Å². The van der Waals surface area contributed by atoms with E-state index in [0.717, 1.165) is 24.1 Å². The lowest BCUT2D eigenvalue weighted by atomic mass is 9.69. The van der Waals surface area contributed by atoms with Crippen molar-refractivity contribution >= 4 is 24.0 Å². The second-order valence-electron chi connectivity index (χ2n) is 9.07. The summed E-state index contributed by atoms with van der Waals surface area (Å²) in [6.45, 7) is 7.47. The smallest absolute Gasteiger partial charge is 0.161 e. The van der Waals surface area contributed by atoms with Gasteiger partial charge in [0.05, 0.1) is 30.7 Å². The predicted molar refractivity (Wildman–Crippen MR) is 147 cm³/mol. The molecule has 0 saturated heterocycles. The third-order valence-corrected chi connectivity index (χ3v) is 6.55. The van der Waals surface area contributed by atoms with Gasteiger partial charge in [0.1, 0.15) is 18.5 Å². The molecular formula is C27H40Cl2N2O5. The van der Waals surface area contributed by atoms with Crippen molar-refractivity contribution in [3.8, 4) is 23.3 Å². The molecule has 0 spiro atoms. The lowest BCUT2D eigenvalue weighted by Crippen LogP contribution is -2.35. The molecule has 9 heteroatoms.